The number of aromatic nitrogens is 1. The van der Waals surface area contributed by atoms with Crippen LogP contribution in [0.5, 0.6) is 0 Å². The fourth-order valence-corrected chi connectivity index (χ4v) is 3.28. The zero-order valence-electron chi connectivity index (χ0n) is 15.0. The first-order chi connectivity index (χ1) is 11.7. The number of nitrogens with one attached hydrogen (secondary N) is 2. The third-order valence-electron chi connectivity index (χ3n) is 3.68. The fraction of sp³-hybridized carbons (Fsp3) is 0.368. The lowest BCUT2D eigenvalue weighted by molar-refractivity contribution is 0.778. The lowest BCUT2D eigenvalue weighted by Gasteiger charge is -2.16. The van der Waals surface area contributed by atoms with Crippen molar-refractivity contribution >= 4 is 41.7 Å². The second-order valence-electron chi connectivity index (χ2n) is 5.67. The van der Waals surface area contributed by atoms with E-state index in [-0.39, 0.29) is 24.0 Å². The van der Waals surface area contributed by atoms with Crippen LogP contribution >= 0.6 is 35.7 Å². The Morgan fingerprint density at radius 2 is 1.96 bits per heavy atom. The minimum absolute atomic E-state index is 0. The molecule has 0 radical (unpaired) electrons. The number of rotatable bonds is 7. The summed E-state index contributed by atoms with van der Waals surface area (Å²) in [5, 5.41) is 7.24. The van der Waals surface area contributed by atoms with Gasteiger partial charge in [0.05, 0.1) is 0 Å². The summed E-state index contributed by atoms with van der Waals surface area (Å²) in [4.78, 5) is 9.72. The second-order valence-corrected chi connectivity index (χ2v) is 7.19. The Bertz CT molecular complexity index is 649. The summed E-state index contributed by atoms with van der Waals surface area (Å²) in [6.07, 6.45) is 4.71. The van der Waals surface area contributed by atoms with E-state index in [0.29, 0.717) is 5.25 Å². The lowest BCUT2D eigenvalue weighted by atomic mass is 10.1. The van der Waals surface area contributed by atoms with E-state index in [1.54, 1.807) is 0 Å². The van der Waals surface area contributed by atoms with Gasteiger partial charge in [-0.2, -0.15) is 0 Å². The molecule has 2 rings (SSSR count). The minimum Gasteiger partial charge on any atom is -0.356 e. The lowest BCUT2D eigenvalue weighted by Crippen LogP contribution is -2.40. The van der Waals surface area contributed by atoms with Crippen molar-refractivity contribution in [1.29, 1.82) is 0 Å². The number of thioether (sulfide) groups is 1. The first-order valence-corrected chi connectivity index (χ1v) is 9.12. The van der Waals surface area contributed by atoms with E-state index in [1.165, 1.54) is 16.0 Å². The van der Waals surface area contributed by atoms with E-state index in [1.807, 2.05) is 37.3 Å². The van der Waals surface area contributed by atoms with E-state index in [9.17, 15) is 0 Å². The number of pyridine rings is 1. The van der Waals surface area contributed by atoms with Crippen LogP contribution in [0.4, 0.5) is 0 Å². The molecule has 6 heteroatoms. The molecule has 4 nitrogen and oxygen atoms in total. The molecule has 0 saturated heterocycles. The van der Waals surface area contributed by atoms with Gasteiger partial charge in [0, 0.05) is 42.7 Å². The van der Waals surface area contributed by atoms with Crippen molar-refractivity contribution in [2.45, 2.75) is 30.4 Å². The van der Waals surface area contributed by atoms with Crippen molar-refractivity contribution in [3.63, 3.8) is 0 Å². The van der Waals surface area contributed by atoms with Crippen molar-refractivity contribution in [1.82, 2.24) is 15.6 Å². The van der Waals surface area contributed by atoms with E-state index >= 15 is 0 Å². The monoisotopic (exact) mass is 470 g/mol. The van der Waals surface area contributed by atoms with Crippen LogP contribution in [0.1, 0.15) is 18.1 Å². The number of aryl methyl sites for hydroxylation is 1. The van der Waals surface area contributed by atoms with Crippen LogP contribution in [-0.4, -0.2) is 36.3 Å². The molecule has 2 aromatic rings. The third-order valence-corrected chi connectivity index (χ3v) is 4.80. The summed E-state index contributed by atoms with van der Waals surface area (Å²) in [7, 11) is 1.81. The van der Waals surface area contributed by atoms with Crippen molar-refractivity contribution in [3.8, 4) is 0 Å². The van der Waals surface area contributed by atoms with Gasteiger partial charge in [-0.25, -0.2) is 0 Å². The molecular formula is C19H27IN4S. The van der Waals surface area contributed by atoms with Gasteiger partial charge in [-0.05, 0) is 42.7 Å². The molecule has 0 amide bonds. The van der Waals surface area contributed by atoms with Crippen LogP contribution in [-0.2, 0) is 6.42 Å². The molecule has 2 N–H and O–H groups in total. The highest BCUT2D eigenvalue weighted by Gasteiger charge is 2.06. The summed E-state index contributed by atoms with van der Waals surface area (Å²) in [5.74, 6) is 0.849. The van der Waals surface area contributed by atoms with E-state index in [4.69, 9.17) is 0 Å². The minimum atomic E-state index is 0. The van der Waals surface area contributed by atoms with Gasteiger partial charge in [-0.15, -0.1) is 35.7 Å². The predicted molar refractivity (Wildman–Crippen MR) is 119 cm³/mol. The predicted octanol–water partition coefficient (Wildman–Crippen LogP) is 3.90. The standard InChI is InChI=1S/C19H26N4S.HI/c1-15-13-21-11-9-17(15)10-12-22-19(20-3)23-14-16(2)24-18-7-5-4-6-8-18;/h4-9,11,13,16H,10,12,14H2,1-3H3,(H2,20,22,23);1H. The molecule has 1 aromatic carbocycles. The molecule has 0 aliphatic heterocycles. The normalized spacial score (nSPS) is 12.2. The van der Waals surface area contributed by atoms with Crippen LogP contribution in [0.3, 0.4) is 0 Å². The van der Waals surface area contributed by atoms with Crippen LogP contribution in [0.2, 0.25) is 0 Å². The largest absolute Gasteiger partial charge is 0.356 e. The Kier molecular flexibility index (Phi) is 10.6. The summed E-state index contributed by atoms with van der Waals surface area (Å²) in [6, 6.07) is 12.6. The Labute approximate surface area is 172 Å². The zero-order valence-corrected chi connectivity index (χ0v) is 18.2. The molecule has 1 unspecified atom stereocenters. The van der Waals surface area contributed by atoms with Gasteiger partial charge in [0.2, 0.25) is 0 Å². The number of aliphatic imine (C=N–C) groups is 1. The Morgan fingerprint density at radius 3 is 2.64 bits per heavy atom. The van der Waals surface area contributed by atoms with Gasteiger partial charge >= 0.3 is 0 Å². The van der Waals surface area contributed by atoms with Crippen LogP contribution < -0.4 is 10.6 Å². The van der Waals surface area contributed by atoms with Gasteiger partial charge in [0.15, 0.2) is 5.96 Å². The molecule has 1 aromatic heterocycles. The summed E-state index contributed by atoms with van der Waals surface area (Å²) < 4.78 is 0. The Morgan fingerprint density at radius 1 is 1.20 bits per heavy atom. The molecule has 0 aliphatic rings. The highest BCUT2D eigenvalue weighted by atomic mass is 127. The average molecular weight is 470 g/mol. The molecule has 0 spiro atoms. The first-order valence-electron chi connectivity index (χ1n) is 8.24. The highest BCUT2D eigenvalue weighted by molar-refractivity contribution is 14.0. The van der Waals surface area contributed by atoms with Crippen LogP contribution in [0.25, 0.3) is 0 Å². The van der Waals surface area contributed by atoms with E-state index < -0.39 is 0 Å². The van der Waals surface area contributed by atoms with E-state index in [2.05, 4.69) is 64.8 Å². The maximum atomic E-state index is 4.29. The smallest absolute Gasteiger partial charge is 0.191 e. The number of benzene rings is 1. The topological polar surface area (TPSA) is 49.3 Å². The van der Waals surface area contributed by atoms with Crippen LogP contribution in [0, 0.1) is 6.92 Å². The van der Waals surface area contributed by atoms with Gasteiger partial charge < -0.3 is 10.6 Å². The Hall–Kier alpha value is -1.28. The molecule has 0 bridgehead atoms. The molecular weight excluding hydrogens is 443 g/mol. The zero-order chi connectivity index (χ0) is 17.2. The summed E-state index contributed by atoms with van der Waals surface area (Å²) in [5.41, 5.74) is 2.55. The van der Waals surface area contributed by atoms with Gasteiger partial charge in [-0.3, -0.25) is 9.98 Å². The molecule has 1 atom stereocenters. The average Bonchev–Trinajstić information content (AvgIpc) is 2.60. The number of hydrogen-bond donors (Lipinski definition) is 2. The number of halogens is 1. The highest BCUT2D eigenvalue weighted by Crippen LogP contribution is 2.21. The fourth-order valence-electron chi connectivity index (χ4n) is 2.33. The quantitative estimate of drug-likeness (QED) is 0.279. The molecule has 0 fully saturated rings. The molecule has 0 aliphatic carbocycles. The van der Waals surface area contributed by atoms with E-state index in [0.717, 1.165) is 25.5 Å². The van der Waals surface area contributed by atoms with Gasteiger partial charge in [0.1, 0.15) is 0 Å². The summed E-state index contributed by atoms with van der Waals surface area (Å²) in [6.45, 7) is 6.04. The second kappa shape index (κ2) is 12.1. The maximum absolute atomic E-state index is 4.29. The first kappa shape index (κ1) is 21.8. The number of hydrogen-bond acceptors (Lipinski definition) is 3. The Balaban J connectivity index is 0.00000312. The molecule has 25 heavy (non-hydrogen) atoms. The SMILES string of the molecule is CN=C(NCCc1ccncc1C)NCC(C)Sc1ccccc1.I. The number of nitrogens with zero attached hydrogens (tertiary/aromatic N) is 2. The maximum Gasteiger partial charge on any atom is 0.191 e. The van der Waals surface area contributed by atoms with Crippen molar-refractivity contribution < 1.29 is 0 Å². The van der Waals surface area contributed by atoms with Gasteiger partial charge in [-0.1, -0.05) is 25.1 Å². The van der Waals surface area contributed by atoms with Crippen LogP contribution in [0.15, 0.2) is 58.7 Å². The van der Waals surface area contributed by atoms with Crippen molar-refractivity contribution in [3.05, 3.63) is 59.9 Å². The molecule has 0 saturated carbocycles. The third kappa shape index (κ3) is 8.09. The number of guanidine groups is 1. The summed E-state index contributed by atoms with van der Waals surface area (Å²) >= 11 is 1.87. The molecule has 1 heterocycles. The molecule has 136 valence electrons. The van der Waals surface area contributed by atoms with Gasteiger partial charge in [0.25, 0.3) is 0 Å². The van der Waals surface area contributed by atoms with Crippen molar-refractivity contribution in [2.75, 3.05) is 20.1 Å². The van der Waals surface area contributed by atoms with Crippen molar-refractivity contribution in [2.24, 2.45) is 4.99 Å².